The molecule has 0 aliphatic heterocycles. The minimum absolute atomic E-state index is 0.346. The van der Waals surface area contributed by atoms with Gasteiger partial charge in [0, 0.05) is 11.1 Å². The summed E-state index contributed by atoms with van der Waals surface area (Å²) >= 11 is 0. The summed E-state index contributed by atoms with van der Waals surface area (Å²) in [5, 5.41) is 25.2. The number of methoxy groups -OCH3 is 1. The molecule has 7 heteroatoms. The highest BCUT2D eigenvalue weighted by atomic mass is 16.5. The highest BCUT2D eigenvalue weighted by molar-refractivity contribution is 6.04. The number of rotatable bonds is 3. The lowest BCUT2D eigenvalue weighted by atomic mass is 9.96. The van der Waals surface area contributed by atoms with Crippen molar-refractivity contribution in [1.29, 1.82) is 5.26 Å². The van der Waals surface area contributed by atoms with Crippen molar-refractivity contribution >= 4 is 16.9 Å². The van der Waals surface area contributed by atoms with Crippen molar-refractivity contribution < 1.29 is 4.74 Å². The first kappa shape index (κ1) is 15.6. The molecule has 0 aliphatic carbocycles. The number of fused-ring (bicyclic) bond motifs is 1. The maximum Gasteiger partial charge on any atom is 0.180 e. The molecule has 2 aromatic carbocycles. The molecule has 0 saturated heterocycles. The molecule has 7 nitrogen and oxygen atoms in total. The van der Waals surface area contributed by atoms with E-state index in [0.717, 1.165) is 22.4 Å². The van der Waals surface area contributed by atoms with Crippen LogP contribution in [0.25, 0.3) is 33.4 Å². The molecule has 4 aromatic rings. The zero-order valence-corrected chi connectivity index (χ0v) is 13.9. The Morgan fingerprint density at radius 2 is 1.88 bits per heavy atom. The summed E-state index contributed by atoms with van der Waals surface area (Å²) in [5.41, 5.74) is 10.4. The third kappa shape index (κ3) is 2.50. The summed E-state index contributed by atoms with van der Waals surface area (Å²) < 4.78 is 5.32. The Balaban J connectivity index is 2.03. The number of nitrogens with zero attached hydrogens (tertiary/aromatic N) is 4. The SMILES string of the molecule is COc1cccc(-c2nnc3[nH]nc(N)c3c2-c2ccc(C#N)cc2)c1. The molecule has 0 bridgehead atoms. The van der Waals surface area contributed by atoms with E-state index in [2.05, 4.69) is 26.5 Å². The number of nitrogens with one attached hydrogen (secondary N) is 1. The van der Waals surface area contributed by atoms with Gasteiger partial charge in [0.05, 0.1) is 24.1 Å². The largest absolute Gasteiger partial charge is 0.497 e. The van der Waals surface area contributed by atoms with Crippen LogP contribution in [0.1, 0.15) is 5.56 Å². The fourth-order valence-corrected chi connectivity index (χ4v) is 2.90. The van der Waals surface area contributed by atoms with Gasteiger partial charge in [-0.1, -0.05) is 24.3 Å². The number of anilines is 1. The number of ether oxygens (including phenoxy) is 1. The second-order valence-corrected chi connectivity index (χ2v) is 5.68. The van der Waals surface area contributed by atoms with Crippen LogP contribution in [0.3, 0.4) is 0 Å². The van der Waals surface area contributed by atoms with Crippen LogP contribution in [0, 0.1) is 11.3 Å². The van der Waals surface area contributed by atoms with Crippen LogP contribution in [0.5, 0.6) is 5.75 Å². The van der Waals surface area contributed by atoms with Crippen LogP contribution in [0.15, 0.2) is 48.5 Å². The van der Waals surface area contributed by atoms with Crippen molar-refractivity contribution in [3.63, 3.8) is 0 Å². The van der Waals surface area contributed by atoms with Crippen LogP contribution >= 0.6 is 0 Å². The van der Waals surface area contributed by atoms with Crippen LogP contribution in [-0.2, 0) is 0 Å². The topological polar surface area (TPSA) is 114 Å². The van der Waals surface area contributed by atoms with Gasteiger partial charge < -0.3 is 10.5 Å². The Morgan fingerprint density at radius 1 is 1.08 bits per heavy atom. The van der Waals surface area contributed by atoms with Gasteiger partial charge in [-0.3, -0.25) is 5.10 Å². The molecule has 4 rings (SSSR count). The van der Waals surface area contributed by atoms with Crippen molar-refractivity contribution in [1.82, 2.24) is 20.4 Å². The number of benzene rings is 2. The number of hydrogen-bond donors (Lipinski definition) is 2. The molecule has 2 aromatic heterocycles. The van der Waals surface area contributed by atoms with Gasteiger partial charge in [0.15, 0.2) is 11.5 Å². The van der Waals surface area contributed by atoms with E-state index in [1.165, 1.54) is 0 Å². The highest BCUT2D eigenvalue weighted by Crippen LogP contribution is 2.38. The summed E-state index contributed by atoms with van der Waals surface area (Å²) in [6.07, 6.45) is 0. The van der Waals surface area contributed by atoms with E-state index >= 15 is 0 Å². The molecule has 126 valence electrons. The van der Waals surface area contributed by atoms with Crippen LogP contribution in [0.4, 0.5) is 5.82 Å². The van der Waals surface area contributed by atoms with Crippen molar-refractivity contribution in [2.75, 3.05) is 12.8 Å². The minimum atomic E-state index is 0.346. The molecule has 0 saturated carbocycles. The molecular weight excluding hydrogens is 328 g/mol. The second kappa shape index (κ2) is 6.18. The predicted molar refractivity (Wildman–Crippen MR) is 98.2 cm³/mol. The summed E-state index contributed by atoms with van der Waals surface area (Å²) in [6.45, 7) is 0. The number of aromatic nitrogens is 4. The normalized spacial score (nSPS) is 10.6. The standard InChI is InChI=1S/C19H14N6O/c1-26-14-4-2-3-13(9-14)17-15(12-7-5-11(10-20)6-8-12)16-18(21)23-25-19(16)24-22-17/h2-9H,1H3,(H3,21,23,24,25). The number of nitriles is 1. The van der Waals surface area contributed by atoms with Gasteiger partial charge in [-0.2, -0.15) is 10.4 Å². The number of nitrogens with two attached hydrogens (primary N) is 1. The third-order valence-corrected chi connectivity index (χ3v) is 4.16. The molecule has 0 radical (unpaired) electrons. The molecule has 0 aliphatic rings. The zero-order chi connectivity index (χ0) is 18.1. The van der Waals surface area contributed by atoms with E-state index in [4.69, 9.17) is 15.7 Å². The first-order valence-electron chi connectivity index (χ1n) is 7.86. The average molecular weight is 342 g/mol. The van der Waals surface area contributed by atoms with Crippen LogP contribution in [0.2, 0.25) is 0 Å². The van der Waals surface area contributed by atoms with E-state index in [-0.39, 0.29) is 0 Å². The Morgan fingerprint density at radius 3 is 2.62 bits per heavy atom. The van der Waals surface area contributed by atoms with Gasteiger partial charge in [0.1, 0.15) is 11.4 Å². The first-order valence-corrected chi connectivity index (χ1v) is 7.86. The molecule has 26 heavy (non-hydrogen) atoms. The maximum absolute atomic E-state index is 9.05. The molecule has 0 fully saturated rings. The maximum atomic E-state index is 9.05. The van der Waals surface area contributed by atoms with E-state index in [0.29, 0.717) is 28.1 Å². The second-order valence-electron chi connectivity index (χ2n) is 5.68. The average Bonchev–Trinajstić information content (AvgIpc) is 3.08. The summed E-state index contributed by atoms with van der Waals surface area (Å²) in [4.78, 5) is 0. The number of aromatic amines is 1. The van der Waals surface area contributed by atoms with E-state index < -0.39 is 0 Å². The van der Waals surface area contributed by atoms with Crippen molar-refractivity contribution in [3.05, 3.63) is 54.1 Å². The quantitative estimate of drug-likeness (QED) is 0.591. The van der Waals surface area contributed by atoms with Crippen molar-refractivity contribution in [2.45, 2.75) is 0 Å². The Bertz CT molecular complexity index is 1140. The van der Waals surface area contributed by atoms with E-state index in [1.807, 2.05) is 36.4 Å². The van der Waals surface area contributed by atoms with E-state index in [9.17, 15) is 0 Å². The van der Waals surface area contributed by atoms with Crippen molar-refractivity contribution in [3.8, 4) is 34.2 Å². The number of H-pyrrole nitrogens is 1. The fourth-order valence-electron chi connectivity index (χ4n) is 2.90. The van der Waals surface area contributed by atoms with Gasteiger partial charge in [-0.25, -0.2) is 0 Å². The molecule has 0 amide bonds. The van der Waals surface area contributed by atoms with E-state index in [1.54, 1.807) is 19.2 Å². The zero-order valence-electron chi connectivity index (χ0n) is 13.9. The minimum Gasteiger partial charge on any atom is -0.497 e. The number of hydrogen-bond acceptors (Lipinski definition) is 6. The highest BCUT2D eigenvalue weighted by Gasteiger charge is 2.19. The smallest absolute Gasteiger partial charge is 0.180 e. The monoisotopic (exact) mass is 342 g/mol. The molecular formula is C19H14N6O. The summed E-state index contributed by atoms with van der Waals surface area (Å²) in [5.74, 6) is 1.06. The van der Waals surface area contributed by atoms with Gasteiger partial charge in [-0.05, 0) is 29.8 Å². The summed E-state index contributed by atoms with van der Waals surface area (Å²) in [7, 11) is 1.61. The van der Waals surface area contributed by atoms with Gasteiger partial charge in [0.25, 0.3) is 0 Å². The van der Waals surface area contributed by atoms with Gasteiger partial charge in [0.2, 0.25) is 0 Å². The predicted octanol–water partition coefficient (Wildman–Crippen LogP) is 3.15. The van der Waals surface area contributed by atoms with Crippen LogP contribution in [-0.4, -0.2) is 27.5 Å². The first-order chi connectivity index (χ1) is 12.7. The third-order valence-electron chi connectivity index (χ3n) is 4.16. The Kier molecular flexibility index (Phi) is 3.71. The molecule has 0 atom stereocenters. The Labute approximate surface area is 149 Å². The molecule has 3 N–H and O–H groups in total. The fraction of sp³-hybridized carbons (Fsp3) is 0.0526. The lowest BCUT2D eigenvalue weighted by molar-refractivity contribution is 0.415. The number of nitrogen functional groups attached to an aromatic ring is 1. The lowest BCUT2D eigenvalue weighted by Gasteiger charge is -2.11. The van der Waals surface area contributed by atoms with Crippen LogP contribution < -0.4 is 10.5 Å². The lowest BCUT2D eigenvalue weighted by Crippen LogP contribution is -1.96. The summed E-state index contributed by atoms with van der Waals surface area (Å²) in [6, 6.07) is 16.9. The van der Waals surface area contributed by atoms with Gasteiger partial charge in [-0.15, -0.1) is 10.2 Å². The van der Waals surface area contributed by atoms with Crippen molar-refractivity contribution in [2.24, 2.45) is 0 Å². The molecule has 0 spiro atoms. The molecule has 2 heterocycles. The van der Waals surface area contributed by atoms with Gasteiger partial charge >= 0.3 is 0 Å². The Hall–Kier alpha value is -3.92. The molecule has 0 unspecified atom stereocenters.